The zero-order chi connectivity index (χ0) is 16.8. The van der Waals surface area contributed by atoms with Crippen LogP contribution >= 0.6 is 23.2 Å². The fourth-order valence-electron chi connectivity index (χ4n) is 2.09. The predicted octanol–water partition coefficient (Wildman–Crippen LogP) is 4.38. The molecule has 0 aliphatic carbocycles. The van der Waals surface area contributed by atoms with Crippen LogP contribution in [0.3, 0.4) is 0 Å². The van der Waals surface area contributed by atoms with Gasteiger partial charge < -0.3 is 10.2 Å². The lowest BCUT2D eigenvalue weighted by Gasteiger charge is -2.21. The molecule has 0 aliphatic heterocycles. The molecule has 0 radical (unpaired) electrons. The van der Waals surface area contributed by atoms with Crippen molar-refractivity contribution in [2.45, 2.75) is 13.3 Å². The van der Waals surface area contributed by atoms with E-state index >= 15 is 0 Å². The molecule has 2 aromatic rings. The quantitative estimate of drug-likeness (QED) is 0.869. The highest BCUT2D eigenvalue weighted by Crippen LogP contribution is 2.19. The number of carbonyl (C=O) groups excluding carboxylic acids is 2. The van der Waals surface area contributed by atoms with Gasteiger partial charge in [-0.15, -0.1) is 0 Å². The number of amides is 2. The molecule has 120 valence electrons. The second-order valence-corrected chi connectivity index (χ2v) is 5.83. The Labute approximate surface area is 145 Å². The average Bonchev–Trinajstić information content (AvgIpc) is 2.49. The van der Waals surface area contributed by atoms with E-state index in [9.17, 15) is 9.59 Å². The van der Waals surface area contributed by atoms with Gasteiger partial charge in [0.15, 0.2) is 0 Å². The Morgan fingerprint density at radius 3 is 2.35 bits per heavy atom. The van der Waals surface area contributed by atoms with E-state index in [0.717, 1.165) is 0 Å². The summed E-state index contributed by atoms with van der Waals surface area (Å²) < 4.78 is 0. The zero-order valence-corrected chi connectivity index (χ0v) is 14.1. The van der Waals surface area contributed by atoms with E-state index in [1.807, 2.05) is 0 Å². The minimum atomic E-state index is -0.188. The zero-order valence-electron chi connectivity index (χ0n) is 12.6. The highest BCUT2D eigenvalue weighted by atomic mass is 35.5. The molecule has 0 aliphatic rings. The molecule has 6 heteroatoms. The topological polar surface area (TPSA) is 49.4 Å². The number of benzene rings is 2. The molecule has 0 saturated heterocycles. The molecule has 0 heterocycles. The molecule has 2 rings (SSSR count). The van der Waals surface area contributed by atoms with Crippen molar-refractivity contribution < 1.29 is 9.59 Å². The lowest BCUT2D eigenvalue weighted by atomic mass is 10.2. The van der Waals surface area contributed by atoms with Gasteiger partial charge in [0.25, 0.3) is 0 Å². The van der Waals surface area contributed by atoms with Gasteiger partial charge in [-0.1, -0.05) is 29.3 Å². The van der Waals surface area contributed by atoms with Gasteiger partial charge in [-0.2, -0.15) is 0 Å². The van der Waals surface area contributed by atoms with E-state index < -0.39 is 0 Å². The summed E-state index contributed by atoms with van der Waals surface area (Å²) in [7, 11) is 0. The summed E-state index contributed by atoms with van der Waals surface area (Å²) in [5.41, 5.74) is 1.33. The molecule has 2 aromatic carbocycles. The number of anilines is 2. The van der Waals surface area contributed by atoms with Gasteiger partial charge in [0.2, 0.25) is 11.8 Å². The first-order valence-electron chi connectivity index (χ1n) is 7.05. The van der Waals surface area contributed by atoms with Gasteiger partial charge in [-0.3, -0.25) is 9.59 Å². The monoisotopic (exact) mass is 350 g/mol. The molecule has 0 unspecified atom stereocenters. The molecule has 0 bridgehead atoms. The Kier molecular flexibility index (Phi) is 6.02. The Bertz CT molecular complexity index is 702. The lowest BCUT2D eigenvalue weighted by molar-refractivity contribution is -0.117. The van der Waals surface area contributed by atoms with Gasteiger partial charge in [-0.25, -0.2) is 0 Å². The fraction of sp³-hybridized carbons (Fsp3) is 0.176. The third-order valence-electron chi connectivity index (χ3n) is 3.19. The smallest absolute Gasteiger partial charge is 0.226 e. The van der Waals surface area contributed by atoms with Gasteiger partial charge in [-0.05, 0) is 42.5 Å². The molecule has 0 saturated carbocycles. The van der Waals surface area contributed by atoms with Crippen molar-refractivity contribution in [3.63, 3.8) is 0 Å². The van der Waals surface area contributed by atoms with E-state index in [1.54, 1.807) is 48.5 Å². The van der Waals surface area contributed by atoms with Crippen molar-refractivity contribution in [1.82, 2.24) is 0 Å². The number of carbonyl (C=O) groups is 2. The molecule has 0 spiro atoms. The van der Waals surface area contributed by atoms with E-state index in [2.05, 4.69) is 5.32 Å². The minimum absolute atomic E-state index is 0.136. The van der Waals surface area contributed by atoms with Crippen LogP contribution in [0.15, 0.2) is 48.5 Å². The maximum absolute atomic E-state index is 12.0. The number of rotatable bonds is 5. The number of hydrogen-bond acceptors (Lipinski definition) is 2. The molecule has 0 atom stereocenters. The van der Waals surface area contributed by atoms with Crippen molar-refractivity contribution in [3.8, 4) is 0 Å². The second-order valence-electron chi connectivity index (χ2n) is 4.96. The maximum atomic E-state index is 12.0. The fourth-order valence-corrected chi connectivity index (χ4v) is 2.41. The summed E-state index contributed by atoms with van der Waals surface area (Å²) in [5, 5.41) is 3.90. The Morgan fingerprint density at radius 1 is 1.04 bits per heavy atom. The van der Waals surface area contributed by atoms with E-state index in [0.29, 0.717) is 21.4 Å². The SMILES string of the molecule is CC(=O)N(CCC(=O)Nc1cccc(Cl)c1)c1ccc(Cl)cc1. The first-order valence-corrected chi connectivity index (χ1v) is 7.80. The van der Waals surface area contributed by atoms with Crippen LogP contribution in [0.2, 0.25) is 10.0 Å². The van der Waals surface area contributed by atoms with Crippen LogP contribution in [0.1, 0.15) is 13.3 Å². The molecule has 4 nitrogen and oxygen atoms in total. The van der Waals surface area contributed by atoms with Crippen LogP contribution in [0, 0.1) is 0 Å². The van der Waals surface area contributed by atoms with Crippen molar-refractivity contribution in [2.75, 3.05) is 16.8 Å². The van der Waals surface area contributed by atoms with Crippen molar-refractivity contribution >= 4 is 46.4 Å². The summed E-state index contributed by atoms with van der Waals surface area (Å²) in [6.45, 7) is 1.74. The number of nitrogens with one attached hydrogen (secondary N) is 1. The lowest BCUT2D eigenvalue weighted by Crippen LogP contribution is -2.31. The second kappa shape index (κ2) is 7.99. The van der Waals surface area contributed by atoms with Crippen LogP contribution in [-0.2, 0) is 9.59 Å². The molecule has 0 aromatic heterocycles. The predicted molar refractivity (Wildman–Crippen MR) is 94.2 cm³/mol. The van der Waals surface area contributed by atoms with Crippen LogP contribution in [0.5, 0.6) is 0 Å². The normalized spacial score (nSPS) is 10.2. The summed E-state index contributed by atoms with van der Waals surface area (Å²) in [5.74, 6) is -0.324. The summed E-state index contributed by atoms with van der Waals surface area (Å²) in [6, 6.07) is 13.8. The summed E-state index contributed by atoms with van der Waals surface area (Å²) in [4.78, 5) is 25.3. The molecule has 0 fully saturated rings. The summed E-state index contributed by atoms with van der Waals surface area (Å²) in [6.07, 6.45) is 0.175. The third kappa shape index (κ3) is 5.27. The average molecular weight is 351 g/mol. The number of hydrogen-bond donors (Lipinski definition) is 1. The maximum Gasteiger partial charge on any atom is 0.226 e. The number of halogens is 2. The molecular formula is C17H16Cl2N2O2. The number of nitrogens with zero attached hydrogens (tertiary/aromatic N) is 1. The molecule has 2 amide bonds. The van der Waals surface area contributed by atoms with Crippen LogP contribution in [0.25, 0.3) is 0 Å². The third-order valence-corrected chi connectivity index (χ3v) is 3.68. The van der Waals surface area contributed by atoms with Gasteiger partial charge in [0.05, 0.1) is 0 Å². The largest absolute Gasteiger partial charge is 0.326 e. The van der Waals surface area contributed by atoms with E-state index in [-0.39, 0.29) is 24.8 Å². The van der Waals surface area contributed by atoms with Crippen molar-refractivity contribution in [1.29, 1.82) is 0 Å². The van der Waals surface area contributed by atoms with E-state index in [1.165, 1.54) is 11.8 Å². The highest BCUT2D eigenvalue weighted by molar-refractivity contribution is 6.31. The summed E-state index contributed by atoms with van der Waals surface area (Å²) >= 11 is 11.7. The van der Waals surface area contributed by atoms with Crippen LogP contribution < -0.4 is 10.2 Å². The molecule has 1 N–H and O–H groups in total. The Balaban J connectivity index is 1.97. The minimum Gasteiger partial charge on any atom is -0.326 e. The van der Waals surface area contributed by atoms with Crippen LogP contribution in [0.4, 0.5) is 11.4 Å². The first-order chi connectivity index (χ1) is 11.0. The van der Waals surface area contributed by atoms with Gasteiger partial charge in [0, 0.05) is 41.3 Å². The molecule has 23 heavy (non-hydrogen) atoms. The van der Waals surface area contributed by atoms with E-state index in [4.69, 9.17) is 23.2 Å². The molecular weight excluding hydrogens is 335 g/mol. The highest BCUT2D eigenvalue weighted by Gasteiger charge is 2.13. The van der Waals surface area contributed by atoms with Crippen LogP contribution in [-0.4, -0.2) is 18.4 Å². The van der Waals surface area contributed by atoms with Crippen molar-refractivity contribution in [3.05, 3.63) is 58.6 Å². The Hall–Kier alpha value is -2.04. The van der Waals surface area contributed by atoms with Crippen molar-refractivity contribution in [2.24, 2.45) is 0 Å². The van der Waals surface area contributed by atoms with Gasteiger partial charge in [0.1, 0.15) is 0 Å². The Morgan fingerprint density at radius 2 is 1.74 bits per heavy atom. The first kappa shape index (κ1) is 17.3. The standard InChI is InChI=1S/C17H16Cl2N2O2/c1-12(22)21(16-7-5-13(18)6-8-16)10-9-17(23)20-15-4-2-3-14(19)11-15/h2-8,11H,9-10H2,1H3,(H,20,23). The van der Waals surface area contributed by atoms with Gasteiger partial charge >= 0.3 is 0 Å².